The van der Waals surface area contributed by atoms with Crippen LogP contribution in [0.25, 0.3) is 5.76 Å². The molecular weight excluding hydrogens is 639 g/mol. The fraction of sp³-hybridized carbons (Fsp3) is 0.161. The molecule has 4 aromatic rings. The van der Waals surface area contributed by atoms with Crippen molar-refractivity contribution in [3.05, 3.63) is 115 Å². The van der Waals surface area contributed by atoms with Gasteiger partial charge in [-0.2, -0.15) is 0 Å². The van der Waals surface area contributed by atoms with Crippen molar-refractivity contribution in [2.45, 2.75) is 33.4 Å². The van der Waals surface area contributed by atoms with Crippen LogP contribution in [-0.4, -0.2) is 27.6 Å². The maximum Gasteiger partial charge on any atom is 0.301 e. The lowest BCUT2D eigenvalue weighted by molar-refractivity contribution is -0.132. The summed E-state index contributed by atoms with van der Waals surface area (Å²) in [6.45, 7) is 5.53. The predicted molar refractivity (Wildman–Crippen MR) is 163 cm³/mol. The molecule has 2 heterocycles. The van der Waals surface area contributed by atoms with Crippen LogP contribution in [0.3, 0.4) is 0 Å². The highest BCUT2D eigenvalue weighted by atomic mass is 127. The first-order chi connectivity index (χ1) is 19.1. The number of ketones is 2. The quantitative estimate of drug-likeness (QED) is 0.0771. The molecule has 40 heavy (non-hydrogen) atoms. The molecule has 5 rings (SSSR count). The summed E-state index contributed by atoms with van der Waals surface area (Å²) in [5, 5.41) is 11.6. The van der Waals surface area contributed by atoms with Gasteiger partial charge in [-0.1, -0.05) is 53.3 Å². The number of Topliss-reactive ketones (excluding diaryl/α,β-unsaturated/α-hetero) is 2. The van der Waals surface area contributed by atoms with Gasteiger partial charge in [0.05, 0.1) is 22.2 Å². The molecule has 202 valence electrons. The number of amides is 1. The summed E-state index contributed by atoms with van der Waals surface area (Å²) in [4.78, 5) is 45.0. The molecule has 1 aliphatic rings. The monoisotopic (exact) mass is 664 g/mol. The number of carbonyl (C=O) groups is 3. The van der Waals surface area contributed by atoms with Gasteiger partial charge in [-0.05, 0) is 84.0 Å². The highest BCUT2D eigenvalue weighted by Gasteiger charge is 2.48. The molecule has 1 aromatic heterocycles. The van der Waals surface area contributed by atoms with E-state index in [1.54, 1.807) is 31.2 Å². The van der Waals surface area contributed by atoms with Crippen LogP contribution in [0.5, 0.6) is 5.75 Å². The third-order valence-electron chi connectivity index (χ3n) is 6.56. The number of ether oxygens (including phenoxy) is 1. The fourth-order valence-corrected chi connectivity index (χ4v) is 5.98. The molecule has 1 aliphatic heterocycles. The standard InChI is InChI=1S/C31H25IN2O5S/c1-17-5-4-6-20(15-17)16-39-24-13-9-22(10-14-24)27(36)25-26(21-7-11-23(32)12-8-21)34(30(38)28(25)37)31-33-18(2)29(40-31)19(3)35/h4-15,26,36H,16H2,1-3H3/b27-25+. The molecular formula is C31H25IN2O5S. The Hall–Kier alpha value is -3.83. The van der Waals surface area contributed by atoms with Gasteiger partial charge in [-0.3, -0.25) is 19.3 Å². The van der Waals surface area contributed by atoms with Crippen LogP contribution in [0.2, 0.25) is 0 Å². The Balaban J connectivity index is 1.52. The molecule has 0 radical (unpaired) electrons. The Morgan fingerprint density at radius 3 is 2.38 bits per heavy atom. The molecule has 9 heteroatoms. The van der Waals surface area contributed by atoms with Gasteiger partial charge in [0.2, 0.25) is 0 Å². The third kappa shape index (κ3) is 5.44. The average molecular weight is 665 g/mol. The molecule has 1 fully saturated rings. The van der Waals surface area contributed by atoms with Gasteiger partial charge in [-0.15, -0.1) is 0 Å². The molecule has 3 aromatic carbocycles. The summed E-state index contributed by atoms with van der Waals surface area (Å²) in [7, 11) is 0. The highest BCUT2D eigenvalue weighted by Crippen LogP contribution is 2.44. The van der Waals surface area contributed by atoms with E-state index in [9.17, 15) is 19.5 Å². The number of aliphatic hydroxyl groups is 1. The SMILES string of the molecule is CC(=O)c1sc(N2C(=O)C(=O)/C(=C(/O)c3ccc(OCc4cccc(C)c4)cc3)C2c2ccc(I)cc2)nc1C. The lowest BCUT2D eigenvalue weighted by Gasteiger charge is -2.23. The summed E-state index contributed by atoms with van der Waals surface area (Å²) in [6, 6.07) is 21.2. The van der Waals surface area contributed by atoms with Crippen molar-refractivity contribution in [1.29, 1.82) is 0 Å². The van der Waals surface area contributed by atoms with E-state index in [2.05, 4.69) is 27.6 Å². The number of halogens is 1. The van der Waals surface area contributed by atoms with Gasteiger partial charge in [-0.25, -0.2) is 4.98 Å². The van der Waals surface area contributed by atoms with E-state index in [0.717, 1.165) is 26.0 Å². The number of aryl methyl sites for hydroxylation is 2. The lowest BCUT2D eigenvalue weighted by atomic mass is 9.95. The van der Waals surface area contributed by atoms with Crippen LogP contribution >= 0.6 is 33.9 Å². The zero-order valence-electron chi connectivity index (χ0n) is 22.0. The van der Waals surface area contributed by atoms with E-state index in [-0.39, 0.29) is 22.2 Å². The van der Waals surface area contributed by atoms with Gasteiger partial charge >= 0.3 is 5.91 Å². The van der Waals surface area contributed by atoms with Crippen LogP contribution in [0.4, 0.5) is 5.13 Å². The molecule has 1 saturated heterocycles. The smallest absolute Gasteiger partial charge is 0.301 e. The van der Waals surface area contributed by atoms with Crippen LogP contribution in [-0.2, 0) is 16.2 Å². The molecule has 0 aliphatic carbocycles. The average Bonchev–Trinajstić information content (AvgIpc) is 3.44. The van der Waals surface area contributed by atoms with Crippen molar-refractivity contribution in [2.24, 2.45) is 0 Å². The van der Waals surface area contributed by atoms with Gasteiger partial charge in [0.15, 0.2) is 10.9 Å². The Bertz CT molecular complexity index is 1660. The zero-order valence-corrected chi connectivity index (χ0v) is 24.9. The van der Waals surface area contributed by atoms with E-state index >= 15 is 0 Å². The second-order valence-electron chi connectivity index (χ2n) is 9.49. The van der Waals surface area contributed by atoms with E-state index in [1.165, 1.54) is 11.8 Å². The maximum atomic E-state index is 13.4. The molecule has 0 bridgehead atoms. The molecule has 1 N–H and O–H groups in total. The largest absolute Gasteiger partial charge is 0.507 e. The van der Waals surface area contributed by atoms with Crippen molar-refractivity contribution < 1.29 is 24.2 Å². The van der Waals surface area contributed by atoms with Crippen LogP contribution in [0, 0.1) is 17.4 Å². The number of aromatic nitrogens is 1. The second kappa shape index (κ2) is 11.3. The first-order valence-electron chi connectivity index (χ1n) is 12.5. The molecule has 1 amide bonds. The summed E-state index contributed by atoms with van der Waals surface area (Å²) >= 11 is 3.23. The zero-order chi connectivity index (χ0) is 28.6. The minimum Gasteiger partial charge on any atom is -0.507 e. The Labute approximate surface area is 249 Å². The van der Waals surface area contributed by atoms with E-state index in [0.29, 0.717) is 34.1 Å². The van der Waals surface area contributed by atoms with Gasteiger partial charge in [0.1, 0.15) is 18.1 Å². The minimum atomic E-state index is -0.917. The molecule has 0 spiro atoms. The topological polar surface area (TPSA) is 96.8 Å². The first-order valence-corrected chi connectivity index (χ1v) is 14.4. The van der Waals surface area contributed by atoms with Crippen LogP contribution < -0.4 is 9.64 Å². The Morgan fingerprint density at radius 1 is 1.05 bits per heavy atom. The predicted octanol–water partition coefficient (Wildman–Crippen LogP) is 6.77. The number of aliphatic hydroxyl groups excluding tert-OH is 1. The second-order valence-corrected chi connectivity index (χ2v) is 11.7. The third-order valence-corrected chi connectivity index (χ3v) is 8.53. The summed E-state index contributed by atoms with van der Waals surface area (Å²) in [5.41, 5.74) is 3.63. The summed E-state index contributed by atoms with van der Waals surface area (Å²) in [5.74, 6) is -1.50. The Morgan fingerprint density at radius 2 is 1.75 bits per heavy atom. The van der Waals surface area contributed by atoms with E-state index in [4.69, 9.17) is 4.74 Å². The van der Waals surface area contributed by atoms with Crippen molar-refractivity contribution in [2.75, 3.05) is 4.90 Å². The molecule has 7 nitrogen and oxygen atoms in total. The van der Waals surface area contributed by atoms with Crippen molar-refractivity contribution in [1.82, 2.24) is 4.98 Å². The summed E-state index contributed by atoms with van der Waals surface area (Å²) in [6.07, 6.45) is 0. The van der Waals surface area contributed by atoms with Gasteiger partial charge in [0.25, 0.3) is 5.78 Å². The van der Waals surface area contributed by atoms with E-state index in [1.807, 2.05) is 55.5 Å². The molecule has 1 unspecified atom stereocenters. The highest BCUT2D eigenvalue weighted by molar-refractivity contribution is 14.1. The number of hydrogen-bond acceptors (Lipinski definition) is 7. The number of thiazole rings is 1. The molecule has 1 atom stereocenters. The minimum absolute atomic E-state index is 0.0446. The Kier molecular flexibility index (Phi) is 7.86. The number of rotatable bonds is 7. The number of anilines is 1. The van der Waals surface area contributed by atoms with Crippen LogP contribution in [0.1, 0.15) is 50.6 Å². The number of carbonyl (C=O) groups excluding carboxylic acids is 3. The maximum absolute atomic E-state index is 13.4. The summed E-state index contributed by atoms with van der Waals surface area (Å²) < 4.78 is 6.87. The van der Waals surface area contributed by atoms with Crippen molar-refractivity contribution >= 4 is 62.3 Å². The fourth-order valence-electron chi connectivity index (χ4n) is 4.64. The normalized spacial score (nSPS) is 16.4. The van der Waals surface area contributed by atoms with Crippen molar-refractivity contribution in [3.8, 4) is 5.75 Å². The number of benzene rings is 3. The number of hydrogen-bond donors (Lipinski definition) is 1. The van der Waals surface area contributed by atoms with Crippen LogP contribution in [0.15, 0.2) is 78.4 Å². The first kappa shape index (κ1) is 27.7. The lowest BCUT2D eigenvalue weighted by Crippen LogP contribution is -2.29. The van der Waals surface area contributed by atoms with Crippen molar-refractivity contribution in [3.63, 3.8) is 0 Å². The van der Waals surface area contributed by atoms with E-state index < -0.39 is 17.7 Å². The van der Waals surface area contributed by atoms with Gasteiger partial charge in [0, 0.05) is 16.1 Å². The number of nitrogens with zero attached hydrogens (tertiary/aromatic N) is 2. The molecule has 0 saturated carbocycles. The van der Waals surface area contributed by atoms with Gasteiger partial charge < -0.3 is 9.84 Å².